The smallest absolute Gasteiger partial charge is 0.408 e. The third-order valence-corrected chi connectivity index (χ3v) is 3.91. The third kappa shape index (κ3) is 3.29. The molecule has 0 saturated heterocycles. The van der Waals surface area contributed by atoms with Gasteiger partial charge in [0.25, 0.3) is 0 Å². The number of carboxylic acids is 1. The number of carbonyl (C=O) groups excluding carboxylic acids is 1. The van der Waals surface area contributed by atoms with Crippen molar-refractivity contribution in [3.05, 3.63) is 35.9 Å². The largest absolute Gasteiger partial charge is 0.480 e. The molecular formula is C15H19NO4. The van der Waals surface area contributed by atoms with Gasteiger partial charge in [0.2, 0.25) is 0 Å². The van der Waals surface area contributed by atoms with Crippen molar-refractivity contribution in [2.45, 2.75) is 38.8 Å². The van der Waals surface area contributed by atoms with Crippen molar-refractivity contribution in [2.75, 3.05) is 0 Å². The highest BCUT2D eigenvalue weighted by Crippen LogP contribution is 2.43. The zero-order valence-corrected chi connectivity index (χ0v) is 11.5. The quantitative estimate of drug-likeness (QED) is 0.867. The zero-order valence-electron chi connectivity index (χ0n) is 11.5. The van der Waals surface area contributed by atoms with E-state index in [1.165, 1.54) is 0 Å². The van der Waals surface area contributed by atoms with Gasteiger partial charge in [0.05, 0.1) is 0 Å². The van der Waals surface area contributed by atoms with Gasteiger partial charge in [0.1, 0.15) is 12.6 Å². The summed E-state index contributed by atoms with van der Waals surface area (Å²) in [5, 5.41) is 11.7. The molecule has 0 aliphatic heterocycles. The Hall–Kier alpha value is -2.04. The molecule has 0 heterocycles. The number of carbonyl (C=O) groups is 2. The fraction of sp³-hybridized carbons (Fsp3) is 0.467. The van der Waals surface area contributed by atoms with Gasteiger partial charge in [-0.2, -0.15) is 0 Å². The standard InChI is InChI=1S/C15H19NO4/c1-15(8-5-9-15)12(13(17)18)16-14(19)20-10-11-6-3-2-4-7-11/h2-4,6-7,12H,5,8-10H2,1H3,(H,16,19)(H,17,18). The van der Waals surface area contributed by atoms with Gasteiger partial charge in [-0.15, -0.1) is 0 Å². The van der Waals surface area contributed by atoms with Crippen LogP contribution in [-0.4, -0.2) is 23.2 Å². The van der Waals surface area contributed by atoms with E-state index in [0.717, 1.165) is 24.8 Å². The Labute approximate surface area is 117 Å². The number of rotatable bonds is 5. The SMILES string of the molecule is CC1(C(NC(=O)OCc2ccccc2)C(=O)O)CCC1. The molecule has 1 amide bonds. The molecule has 108 valence electrons. The second-order valence-corrected chi connectivity index (χ2v) is 5.48. The molecule has 1 aromatic rings. The lowest BCUT2D eigenvalue weighted by Crippen LogP contribution is -2.54. The molecule has 1 saturated carbocycles. The van der Waals surface area contributed by atoms with Gasteiger partial charge in [0.15, 0.2) is 0 Å². The highest BCUT2D eigenvalue weighted by Gasteiger charge is 2.44. The Morgan fingerprint density at radius 1 is 1.35 bits per heavy atom. The summed E-state index contributed by atoms with van der Waals surface area (Å²) in [6, 6.07) is 8.38. The number of aliphatic carboxylic acids is 1. The van der Waals surface area contributed by atoms with Crippen LogP contribution in [-0.2, 0) is 16.1 Å². The second-order valence-electron chi connectivity index (χ2n) is 5.48. The maximum atomic E-state index is 11.7. The lowest BCUT2D eigenvalue weighted by atomic mass is 9.65. The topological polar surface area (TPSA) is 75.6 Å². The Balaban J connectivity index is 1.87. The molecule has 1 fully saturated rings. The van der Waals surface area contributed by atoms with Crippen LogP contribution < -0.4 is 5.32 Å². The summed E-state index contributed by atoms with van der Waals surface area (Å²) in [5.41, 5.74) is 0.502. The van der Waals surface area contributed by atoms with Gasteiger partial charge < -0.3 is 15.2 Å². The molecule has 1 atom stereocenters. The predicted molar refractivity (Wildman–Crippen MR) is 73.1 cm³/mol. The molecule has 1 unspecified atom stereocenters. The van der Waals surface area contributed by atoms with Crippen LogP contribution >= 0.6 is 0 Å². The van der Waals surface area contributed by atoms with E-state index in [2.05, 4.69) is 5.32 Å². The Kier molecular flexibility index (Phi) is 4.27. The second kappa shape index (κ2) is 5.94. The van der Waals surface area contributed by atoms with Crippen molar-refractivity contribution in [2.24, 2.45) is 5.41 Å². The van der Waals surface area contributed by atoms with Gasteiger partial charge in [-0.3, -0.25) is 0 Å². The number of alkyl carbamates (subject to hydrolysis) is 1. The van der Waals surface area contributed by atoms with Crippen molar-refractivity contribution < 1.29 is 19.4 Å². The molecule has 1 aromatic carbocycles. The van der Waals surface area contributed by atoms with Crippen molar-refractivity contribution in [3.8, 4) is 0 Å². The van der Waals surface area contributed by atoms with E-state index in [1.807, 2.05) is 37.3 Å². The molecular weight excluding hydrogens is 258 g/mol. The molecule has 0 radical (unpaired) electrons. The number of amides is 1. The van der Waals surface area contributed by atoms with Crippen LogP contribution in [0.2, 0.25) is 0 Å². The number of hydrogen-bond acceptors (Lipinski definition) is 3. The minimum Gasteiger partial charge on any atom is -0.480 e. The van der Waals surface area contributed by atoms with Crippen LogP contribution in [0.5, 0.6) is 0 Å². The first kappa shape index (κ1) is 14.4. The van der Waals surface area contributed by atoms with Crippen LogP contribution in [0.4, 0.5) is 4.79 Å². The maximum Gasteiger partial charge on any atom is 0.408 e. The number of hydrogen-bond donors (Lipinski definition) is 2. The monoisotopic (exact) mass is 277 g/mol. The van der Waals surface area contributed by atoms with E-state index in [1.54, 1.807) is 0 Å². The van der Waals surface area contributed by atoms with Crippen molar-refractivity contribution in [1.82, 2.24) is 5.32 Å². The maximum absolute atomic E-state index is 11.7. The molecule has 0 aromatic heterocycles. The first-order valence-electron chi connectivity index (χ1n) is 6.71. The Morgan fingerprint density at radius 2 is 2.00 bits per heavy atom. The number of nitrogens with one attached hydrogen (secondary N) is 1. The number of ether oxygens (including phenoxy) is 1. The fourth-order valence-electron chi connectivity index (χ4n) is 2.44. The van der Waals surface area contributed by atoms with Crippen LogP contribution in [0.1, 0.15) is 31.7 Å². The van der Waals surface area contributed by atoms with E-state index in [4.69, 9.17) is 4.74 Å². The molecule has 2 N–H and O–H groups in total. The average molecular weight is 277 g/mol. The molecule has 1 aliphatic carbocycles. The van der Waals surface area contributed by atoms with Gasteiger partial charge in [-0.25, -0.2) is 9.59 Å². The van der Waals surface area contributed by atoms with E-state index in [9.17, 15) is 14.7 Å². The molecule has 0 spiro atoms. The fourth-order valence-corrected chi connectivity index (χ4v) is 2.44. The molecule has 5 nitrogen and oxygen atoms in total. The van der Waals surface area contributed by atoms with E-state index in [0.29, 0.717) is 0 Å². The van der Waals surface area contributed by atoms with Gasteiger partial charge in [-0.05, 0) is 23.8 Å². The number of carboxylic acid groups (broad SMARTS) is 1. The Morgan fingerprint density at radius 3 is 2.50 bits per heavy atom. The van der Waals surface area contributed by atoms with Gasteiger partial charge in [-0.1, -0.05) is 43.7 Å². The molecule has 1 aliphatic rings. The van der Waals surface area contributed by atoms with E-state index in [-0.39, 0.29) is 12.0 Å². The predicted octanol–water partition coefficient (Wildman–Crippen LogP) is 2.56. The summed E-state index contributed by atoms with van der Waals surface area (Å²) in [6.07, 6.45) is 1.93. The molecule has 2 rings (SSSR count). The summed E-state index contributed by atoms with van der Waals surface area (Å²) < 4.78 is 5.06. The zero-order chi connectivity index (χ0) is 14.6. The lowest BCUT2D eigenvalue weighted by molar-refractivity contribution is -0.144. The average Bonchev–Trinajstić information content (AvgIpc) is 2.41. The minimum absolute atomic E-state index is 0.135. The molecule has 5 heteroatoms. The summed E-state index contributed by atoms with van der Waals surface area (Å²) in [5.74, 6) is -1.01. The minimum atomic E-state index is -1.01. The third-order valence-electron chi connectivity index (χ3n) is 3.91. The van der Waals surface area contributed by atoms with Crippen LogP contribution in [0.3, 0.4) is 0 Å². The summed E-state index contributed by atoms with van der Waals surface area (Å²) in [4.78, 5) is 23.0. The van der Waals surface area contributed by atoms with Gasteiger partial charge >= 0.3 is 12.1 Å². The van der Waals surface area contributed by atoms with Crippen molar-refractivity contribution in [3.63, 3.8) is 0 Å². The molecule has 0 bridgehead atoms. The highest BCUT2D eigenvalue weighted by molar-refractivity contribution is 5.81. The van der Waals surface area contributed by atoms with Gasteiger partial charge in [0, 0.05) is 0 Å². The van der Waals surface area contributed by atoms with Crippen LogP contribution in [0.25, 0.3) is 0 Å². The lowest BCUT2D eigenvalue weighted by Gasteiger charge is -2.42. The molecule has 20 heavy (non-hydrogen) atoms. The summed E-state index contributed by atoms with van der Waals surface area (Å²) >= 11 is 0. The first-order valence-corrected chi connectivity index (χ1v) is 6.71. The van der Waals surface area contributed by atoms with E-state index >= 15 is 0 Å². The normalized spacial score (nSPS) is 17.6. The Bertz CT molecular complexity index is 482. The van der Waals surface area contributed by atoms with Crippen LogP contribution in [0.15, 0.2) is 30.3 Å². The summed E-state index contributed by atoms with van der Waals surface area (Å²) in [6.45, 7) is 2.02. The first-order chi connectivity index (χ1) is 9.51. The van der Waals surface area contributed by atoms with Crippen molar-refractivity contribution >= 4 is 12.1 Å². The van der Waals surface area contributed by atoms with Crippen molar-refractivity contribution in [1.29, 1.82) is 0 Å². The highest BCUT2D eigenvalue weighted by atomic mass is 16.5. The van der Waals surface area contributed by atoms with Crippen LogP contribution in [0, 0.1) is 5.41 Å². The number of benzene rings is 1. The summed E-state index contributed by atoms with van der Waals surface area (Å²) in [7, 11) is 0. The van der Waals surface area contributed by atoms with E-state index < -0.39 is 18.1 Å².